The van der Waals surface area contributed by atoms with Gasteiger partial charge in [0.15, 0.2) is 0 Å². The number of rotatable bonds is 7. The average Bonchev–Trinajstić information content (AvgIpc) is 3.83. The first-order valence-corrected chi connectivity index (χ1v) is 17.7. The Balaban J connectivity index is 0.000000241. The minimum Gasteiger partial charge on any atom is -0.344 e. The Morgan fingerprint density at radius 1 is 0.692 bits per heavy atom. The fourth-order valence-electron chi connectivity index (χ4n) is 6.84. The zero-order valence-corrected chi connectivity index (χ0v) is 33.0. The van der Waals surface area contributed by atoms with Crippen molar-refractivity contribution in [3.8, 4) is 28.2 Å². The van der Waals surface area contributed by atoms with Crippen LogP contribution in [0.15, 0.2) is 128 Å². The molecule has 6 heteroatoms. The van der Waals surface area contributed by atoms with Gasteiger partial charge in [0.2, 0.25) is 0 Å². The Bertz CT molecular complexity index is 2380. The zero-order chi connectivity index (χ0) is 35.5. The molecule has 0 unspecified atom stereocenters. The van der Waals surface area contributed by atoms with E-state index in [-0.39, 0.29) is 20.1 Å². The van der Waals surface area contributed by atoms with Crippen molar-refractivity contribution in [2.75, 3.05) is 0 Å². The molecule has 5 nitrogen and oxygen atoms in total. The van der Waals surface area contributed by atoms with Crippen LogP contribution >= 0.6 is 0 Å². The topological polar surface area (TPSA) is 48.0 Å². The molecule has 0 aliphatic carbocycles. The van der Waals surface area contributed by atoms with Crippen molar-refractivity contribution in [3.63, 3.8) is 0 Å². The van der Waals surface area contributed by atoms with Crippen LogP contribution in [0, 0.1) is 26.0 Å². The zero-order valence-electron chi connectivity index (χ0n) is 30.6. The maximum Gasteiger partial charge on any atom is 0.132 e. The van der Waals surface area contributed by atoms with Gasteiger partial charge in [0.1, 0.15) is 5.82 Å². The van der Waals surface area contributed by atoms with Crippen LogP contribution in [0.3, 0.4) is 0 Å². The number of fused-ring (bicyclic) bond motifs is 3. The summed E-state index contributed by atoms with van der Waals surface area (Å²) in [4.78, 5) is 4.38. The molecule has 263 valence electrons. The van der Waals surface area contributed by atoms with Crippen LogP contribution in [0.5, 0.6) is 0 Å². The van der Waals surface area contributed by atoms with Crippen molar-refractivity contribution in [1.82, 2.24) is 24.1 Å². The van der Waals surface area contributed by atoms with Crippen molar-refractivity contribution in [3.05, 3.63) is 174 Å². The van der Waals surface area contributed by atoms with E-state index in [2.05, 4.69) is 153 Å². The summed E-state index contributed by atoms with van der Waals surface area (Å²) in [7, 11) is 0. The first-order chi connectivity index (χ1) is 24.8. The second-order valence-corrected chi connectivity index (χ2v) is 13.7. The molecule has 0 aliphatic rings. The quantitative estimate of drug-likeness (QED) is 0.150. The van der Waals surface area contributed by atoms with E-state index < -0.39 is 0 Å². The van der Waals surface area contributed by atoms with E-state index in [4.69, 9.17) is 10.2 Å². The van der Waals surface area contributed by atoms with Gasteiger partial charge in [-0.1, -0.05) is 93.9 Å². The van der Waals surface area contributed by atoms with Crippen LogP contribution in [-0.2, 0) is 26.5 Å². The maximum atomic E-state index is 4.74. The van der Waals surface area contributed by atoms with Gasteiger partial charge in [0.05, 0.1) is 11.5 Å². The molecule has 1 radical (unpaired) electrons. The molecule has 3 aromatic heterocycles. The van der Waals surface area contributed by atoms with E-state index in [0.717, 1.165) is 28.2 Å². The minimum atomic E-state index is 0. The van der Waals surface area contributed by atoms with E-state index in [9.17, 15) is 0 Å². The van der Waals surface area contributed by atoms with Gasteiger partial charge in [-0.05, 0) is 65.6 Å². The van der Waals surface area contributed by atoms with Crippen LogP contribution in [0.2, 0.25) is 0 Å². The fraction of sp³-hybridized carbons (Fsp3) is 0.196. The molecule has 0 saturated carbocycles. The molecule has 0 amide bonds. The smallest absolute Gasteiger partial charge is 0.132 e. The van der Waals surface area contributed by atoms with E-state index >= 15 is 0 Å². The van der Waals surface area contributed by atoms with Crippen LogP contribution < -0.4 is 0 Å². The number of pyridine rings is 1. The van der Waals surface area contributed by atoms with Crippen LogP contribution in [0.25, 0.3) is 44.6 Å². The standard InChI is InChI=1S/C33H32N3.C13H11N2.Ir/c1-23(2)29-21-28(26-16-10-6-11-17-26)22-30(24(3)4)32(29)36-31(20-25-14-8-5-9-15-25)34-35-33(36)27-18-12-7-13-19-27;1-9-10(2)15-8-7-14-13(15)12-6-4-3-5-11(9)12;/h5-18,21-24H,20H2,1-4H3;3-5,7-8H,1-2H3;/q2*-1;. The van der Waals surface area contributed by atoms with Gasteiger partial charge in [-0.15, -0.1) is 76.0 Å². The van der Waals surface area contributed by atoms with Crippen molar-refractivity contribution in [2.45, 2.75) is 59.8 Å². The van der Waals surface area contributed by atoms with Gasteiger partial charge >= 0.3 is 0 Å². The van der Waals surface area contributed by atoms with Crippen molar-refractivity contribution >= 4 is 16.4 Å². The summed E-state index contributed by atoms with van der Waals surface area (Å²) in [5, 5.41) is 11.8. The third-order valence-electron chi connectivity index (χ3n) is 9.66. The molecule has 8 rings (SSSR count). The second-order valence-electron chi connectivity index (χ2n) is 13.7. The molecule has 0 spiro atoms. The molecule has 0 fully saturated rings. The average molecular weight is 858 g/mol. The van der Waals surface area contributed by atoms with E-state index in [0.29, 0.717) is 18.3 Å². The van der Waals surface area contributed by atoms with E-state index in [1.165, 1.54) is 50.1 Å². The molecular formula is C46H43IrN5-2. The molecule has 0 atom stereocenters. The van der Waals surface area contributed by atoms with Crippen molar-refractivity contribution in [2.24, 2.45) is 0 Å². The van der Waals surface area contributed by atoms with Crippen LogP contribution in [0.4, 0.5) is 0 Å². The number of benzene rings is 5. The van der Waals surface area contributed by atoms with Gasteiger partial charge < -0.3 is 8.97 Å². The molecule has 0 N–H and O–H groups in total. The number of aromatic nitrogens is 5. The predicted molar refractivity (Wildman–Crippen MR) is 210 cm³/mol. The largest absolute Gasteiger partial charge is 0.344 e. The Labute approximate surface area is 320 Å². The number of aryl methyl sites for hydroxylation is 2. The van der Waals surface area contributed by atoms with Crippen LogP contribution in [-0.4, -0.2) is 24.1 Å². The summed E-state index contributed by atoms with van der Waals surface area (Å²) in [5.74, 6) is 2.41. The van der Waals surface area contributed by atoms with Gasteiger partial charge in [-0.2, -0.15) is 5.10 Å². The number of hydrogen-bond donors (Lipinski definition) is 0. The summed E-state index contributed by atoms with van der Waals surface area (Å²) in [6.45, 7) is 13.3. The molecule has 52 heavy (non-hydrogen) atoms. The summed E-state index contributed by atoms with van der Waals surface area (Å²) < 4.78 is 4.41. The Hall–Kier alpha value is -5.16. The van der Waals surface area contributed by atoms with Gasteiger partial charge in [-0.3, -0.25) is 4.98 Å². The third-order valence-corrected chi connectivity index (χ3v) is 9.66. The molecule has 3 heterocycles. The number of hydrogen-bond acceptors (Lipinski definition) is 3. The normalized spacial score (nSPS) is 11.2. The summed E-state index contributed by atoms with van der Waals surface area (Å²) >= 11 is 0. The Kier molecular flexibility index (Phi) is 11.3. The first-order valence-electron chi connectivity index (χ1n) is 17.7. The van der Waals surface area contributed by atoms with E-state index in [1.807, 2.05) is 42.7 Å². The molecule has 0 saturated heterocycles. The summed E-state index contributed by atoms with van der Waals surface area (Å²) in [6, 6.07) is 46.6. The number of imidazole rings is 1. The third kappa shape index (κ3) is 7.27. The van der Waals surface area contributed by atoms with E-state index in [1.54, 1.807) is 0 Å². The molecular weight excluding hydrogens is 815 g/mol. The first kappa shape index (κ1) is 36.6. The summed E-state index contributed by atoms with van der Waals surface area (Å²) in [6.07, 6.45) is 4.54. The van der Waals surface area contributed by atoms with Gasteiger partial charge in [-0.25, -0.2) is 0 Å². The van der Waals surface area contributed by atoms with Gasteiger partial charge in [0.25, 0.3) is 0 Å². The van der Waals surface area contributed by atoms with Crippen molar-refractivity contribution in [1.29, 1.82) is 0 Å². The Morgan fingerprint density at radius 2 is 1.35 bits per heavy atom. The Morgan fingerprint density at radius 3 is 2.00 bits per heavy atom. The molecule has 0 aliphatic heterocycles. The minimum absolute atomic E-state index is 0. The van der Waals surface area contributed by atoms with Crippen LogP contribution in [0.1, 0.15) is 73.3 Å². The SMILES string of the molecule is CC(C)c1cc(-c2ccccc2)cc(C(C)C)c1-n1c(Cc2ccccc2)nnc1-c1[c-]cccc1.Cc1c(C)n2ccnc2c2[c-]cccc12.[Ir]. The van der Waals surface area contributed by atoms with Crippen molar-refractivity contribution < 1.29 is 20.1 Å². The maximum absolute atomic E-state index is 4.74. The molecule has 0 bridgehead atoms. The molecule has 8 aromatic rings. The second kappa shape index (κ2) is 16.0. The van der Waals surface area contributed by atoms with Gasteiger partial charge in [0, 0.05) is 50.3 Å². The summed E-state index contributed by atoms with van der Waals surface area (Å²) in [5.41, 5.74) is 12.0. The monoisotopic (exact) mass is 858 g/mol. The predicted octanol–water partition coefficient (Wildman–Crippen LogP) is 11.1. The molecule has 5 aromatic carbocycles. The number of nitrogens with zero attached hydrogens (tertiary/aromatic N) is 5. The fourth-order valence-corrected chi connectivity index (χ4v) is 6.84.